The number of pyridine rings is 1. The van der Waals surface area contributed by atoms with Crippen LogP contribution in [0.1, 0.15) is 43.4 Å². The lowest BCUT2D eigenvalue weighted by Gasteiger charge is -2.40. The van der Waals surface area contributed by atoms with Crippen LogP contribution in [0.3, 0.4) is 0 Å². The van der Waals surface area contributed by atoms with Crippen LogP contribution in [0.25, 0.3) is 0 Å². The molecule has 158 valence electrons. The second-order valence-electron chi connectivity index (χ2n) is 7.71. The Morgan fingerprint density at radius 1 is 1.30 bits per heavy atom. The summed E-state index contributed by atoms with van der Waals surface area (Å²) in [6.45, 7) is 3.00. The zero-order chi connectivity index (χ0) is 20.9. The third-order valence-corrected chi connectivity index (χ3v) is 5.32. The van der Waals surface area contributed by atoms with Crippen LogP contribution < -0.4 is 10.1 Å². The van der Waals surface area contributed by atoms with E-state index in [1.54, 1.807) is 12.4 Å². The summed E-state index contributed by atoms with van der Waals surface area (Å²) in [7, 11) is 0. The Balaban J connectivity index is 1.48. The van der Waals surface area contributed by atoms with Gasteiger partial charge in [0.1, 0.15) is 12.4 Å². The maximum atomic E-state index is 13.1. The summed E-state index contributed by atoms with van der Waals surface area (Å²) >= 11 is 0. The van der Waals surface area contributed by atoms with Crippen molar-refractivity contribution >= 4 is 11.8 Å². The van der Waals surface area contributed by atoms with Gasteiger partial charge in [-0.1, -0.05) is 25.1 Å². The molecule has 0 radical (unpaired) electrons. The fourth-order valence-electron chi connectivity index (χ4n) is 3.77. The average molecular weight is 409 g/mol. The molecular formula is C23H27N3O4. The summed E-state index contributed by atoms with van der Waals surface area (Å²) in [5, 5.41) is 2.97. The molecule has 1 N–H and O–H groups in total. The number of rotatable bonds is 8. The molecule has 2 aliphatic rings. The lowest BCUT2D eigenvalue weighted by atomic mass is 9.98. The number of nitrogens with zero attached hydrogens (tertiary/aromatic N) is 2. The van der Waals surface area contributed by atoms with E-state index in [0.717, 1.165) is 36.1 Å². The Bertz CT molecular complexity index is 885. The molecule has 0 bridgehead atoms. The lowest BCUT2D eigenvalue weighted by molar-refractivity contribution is -0.165. The van der Waals surface area contributed by atoms with Crippen molar-refractivity contribution in [3.63, 3.8) is 0 Å². The van der Waals surface area contributed by atoms with Crippen molar-refractivity contribution in [2.75, 3.05) is 13.2 Å². The summed E-state index contributed by atoms with van der Waals surface area (Å²) in [6.07, 6.45) is 5.47. The third-order valence-electron chi connectivity index (χ3n) is 5.32. The average Bonchev–Trinajstić information content (AvgIpc) is 3.62. The number of hydrogen-bond donors (Lipinski definition) is 1. The van der Waals surface area contributed by atoms with Crippen LogP contribution in [0, 0.1) is 0 Å². The Hall–Kier alpha value is -2.93. The molecule has 4 rings (SSSR count). The van der Waals surface area contributed by atoms with E-state index in [1.807, 2.05) is 41.3 Å². The minimum absolute atomic E-state index is 0.0730. The van der Waals surface area contributed by atoms with Crippen molar-refractivity contribution in [3.8, 4) is 5.75 Å². The van der Waals surface area contributed by atoms with Crippen LogP contribution in [0.5, 0.6) is 5.75 Å². The molecule has 2 aromatic rings. The van der Waals surface area contributed by atoms with Crippen LogP contribution in [-0.2, 0) is 20.9 Å². The molecule has 1 aromatic carbocycles. The molecule has 7 nitrogen and oxygen atoms in total. The topological polar surface area (TPSA) is 80.8 Å². The molecule has 2 heterocycles. The molecule has 2 amide bonds. The Labute approximate surface area is 176 Å². The highest BCUT2D eigenvalue weighted by molar-refractivity contribution is 5.86. The predicted molar refractivity (Wildman–Crippen MR) is 111 cm³/mol. The quantitative estimate of drug-likeness (QED) is 0.725. The van der Waals surface area contributed by atoms with Crippen LogP contribution >= 0.6 is 0 Å². The zero-order valence-electron chi connectivity index (χ0n) is 17.1. The molecule has 1 aromatic heterocycles. The van der Waals surface area contributed by atoms with Crippen molar-refractivity contribution in [1.82, 2.24) is 15.2 Å². The van der Waals surface area contributed by atoms with Crippen LogP contribution in [0.15, 0.2) is 48.8 Å². The van der Waals surface area contributed by atoms with E-state index >= 15 is 0 Å². The van der Waals surface area contributed by atoms with Gasteiger partial charge in [0.05, 0.1) is 12.6 Å². The van der Waals surface area contributed by atoms with Gasteiger partial charge < -0.3 is 19.7 Å². The highest BCUT2D eigenvalue weighted by Gasteiger charge is 2.47. The second-order valence-corrected chi connectivity index (χ2v) is 7.71. The van der Waals surface area contributed by atoms with Gasteiger partial charge in [-0.3, -0.25) is 14.6 Å². The molecule has 7 heteroatoms. The Morgan fingerprint density at radius 2 is 2.17 bits per heavy atom. The van der Waals surface area contributed by atoms with E-state index in [9.17, 15) is 9.59 Å². The summed E-state index contributed by atoms with van der Waals surface area (Å²) in [5.41, 5.74) is 1.76. The second kappa shape index (κ2) is 9.26. The third kappa shape index (κ3) is 4.62. The van der Waals surface area contributed by atoms with Crippen molar-refractivity contribution in [3.05, 3.63) is 59.9 Å². The largest absolute Gasteiger partial charge is 0.494 e. The number of morpholine rings is 1. The van der Waals surface area contributed by atoms with Crippen molar-refractivity contribution in [2.24, 2.45) is 0 Å². The monoisotopic (exact) mass is 409 g/mol. The standard InChI is InChI=1S/C23H27N3O4/c1-2-11-29-19-7-3-5-16(12-19)13-25-23(28)22-21(17-6-4-10-24-14-17)26(18-8-9-18)20(27)15-30-22/h3-7,10,12,14,18,21-22H,2,8-9,11,13,15H2,1H3,(H,25,28)/t21-,22+/m1/s1. The number of carbonyl (C=O) groups is 2. The molecule has 2 atom stereocenters. The van der Waals surface area contributed by atoms with Gasteiger partial charge in [0.15, 0.2) is 6.10 Å². The molecule has 2 fully saturated rings. The van der Waals surface area contributed by atoms with Gasteiger partial charge in [0, 0.05) is 25.0 Å². The van der Waals surface area contributed by atoms with Crippen molar-refractivity contribution in [1.29, 1.82) is 0 Å². The van der Waals surface area contributed by atoms with E-state index in [4.69, 9.17) is 9.47 Å². The number of nitrogens with one attached hydrogen (secondary N) is 1. The molecular weight excluding hydrogens is 382 g/mol. The number of carbonyl (C=O) groups excluding carboxylic acids is 2. The summed E-state index contributed by atoms with van der Waals surface area (Å²) in [4.78, 5) is 31.7. The molecule has 1 saturated carbocycles. The first-order valence-corrected chi connectivity index (χ1v) is 10.5. The molecule has 0 spiro atoms. The number of hydrogen-bond acceptors (Lipinski definition) is 5. The highest BCUT2D eigenvalue weighted by atomic mass is 16.5. The summed E-state index contributed by atoms with van der Waals surface area (Å²) in [5.74, 6) is 0.481. The SMILES string of the molecule is CCCOc1cccc(CNC(=O)[C@H]2OCC(=O)N(C3CC3)[C@@H]2c2cccnc2)c1. The molecule has 1 aliphatic heterocycles. The minimum Gasteiger partial charge on any atom is -0.494 e. The van der Waals surface area contributed by atoms with E-state index in [-0.39, 0.29) is 24.5 Å². The summed E-state index contributed by atoms with van der Waals surface area (Å²) < 4.78 is 11.4. The minimum atomic E-state index is -0.771. The maximum absolute atomic E-state index is 13.1. The van der Waals surface area contributed by atoms with Crippen molar-refractivity contribution < 1.29 is 19.1 Å². The Kier molecular flexibility index (Phi) is 6.28. The molecule has 30 heavy (non-hydrogen) atoms. The normalized spacial score (nSPS) is 21.4. The zero-order valence-corrected chi connectivity index (χ0v) is 17.1. The molecule has 1 aliphatic carbocycles. The van der Waals surface area contributed by atoms with E-state index in [0.29, 0.717) is 13.2 Å². The van der Waals surface area contributed by atoms with Gasteiger partial charge in [-0.2, -0.15) is 0 Å². The highest BCUT2D eigenvalue weighted by Crippen LogP contribution is 2.39. The summed E-state index contributed by atoms with van der Waals surface area (Å²) in [6, 6.07) is 11.1. The van der Waals surface area contributed by atoms with Gasteiger partial charge in [-0.25, -0.2) is 0 Å². The van der Waals surface area contributed by atoms with Gasteiger partial charge in [0.2, 0.25) is 5.91 Å². The van der Waals surface area contributed by atoms with Crippen LogP contribution in [-0.4, -0.2) is 47.1 Å². The van der Waals surface area contributed by atoms with E-state index < -0.39 is 12.1 Å². The predicted octanol–water partition coefficient (Wildman–Crippen LogP) is 2.62. The fourth-order valence-corrected chi connectivity index (χ4v) is 3.77. The van der Waals surface area contributed by atoms with Gasteiger partial charge in [-0.05, 0) is 48.6 Å². The number of amides is 2. The number of ether oxygens (including phenoxy) is 2. The smallest absolute Gasteiger partial charge is 0.251 e. The van der Waals surface area contributed by atoms with Crippen LogP contribution in [0.2, 0.25) is 0 Å². The number of aromatic nitrogens is 1. The lowest BCUT2D eigenvalue weighted by Crippen LogP contribution is -2.55. The first-order chi connectivity index (χ1) is 14.7. The molecule has 1 saturated heterocycles. The Morgan fingerprint density at radius 3 is 2.90 bits per heavy atom. The number of benzene rings is 1. The van der Waals surface area contributed by atoms with Gasteiger partial charge in [-0.15, -0.1) is 0 Å². The van der Waals surface area contributed by atoms with Crippen LogP contribution in [0.4, 0.5) is 0 Å². The molecule has 0 unspecified atom stereocenters. The van der Waals surface area contributed by atoms with Crippen molar-refractivity contribution in [2.45, 2.75) is 50.9 Å². The van der Waals surface area contributed by atoms with E-state index in [2.05, 4.69) is 17.2 Å². The van der Waals surface area contributed by atoms with Gasteiger partial charge in [0.25, 0.3) is 5.91 Å². The first-order valence-electron chi connectivity index (χ1n) is 10.5. The maximum Gasteiger partial charge on any atom is 0.251 e. The first kappa shape index (κ1) is 20.3. The van der Waals surface area contributed by atoms with Gasteiger partial charge >= 0.3 is 0 Å². The fraction of sp³-hybridized carbons (Fsp3) is 0.435. The van der Waals surface area contributed by atoms with E-state index in [1.165, 1.54) is 0 Å².